The number of ketones is 1. The summed E-state index contributed by atoms with van der Waals surface area (Å²) in [6.45, 7) is 8.25. The number of fused-ring (bicyclic) bond motifs is 1. The van der Waals surface area contributed by atoms with Crippen molar-refractivity contribution in [2.75, 3.05) is 11.9 Å². The topological polar surface area (TPSA) is 55.4 Å². The van der Waals surface area contributed by atoms with Crippen LogP contribution in [-0.2, 0) is 4.79 Å². The highest BCUT2D eigenvalue weighted by Crippen LogP contribution is 2.30. The molecule has 0 radical (unpaired) electrons. The fourth-order valence-corrected chi connectivity index (χ4v) is 2.06. The fraction of sp³-hybridized carbons (Fsp3) is 0.500. The van der Waals surface area contributed by atoms with Crippen molar-refractivity contribution in [2.24, 2.45) is 11.3 Å². The minimum atomic E-state index is -0.198. The fourth-order valence-electron chi connectivity index (χ4n) is 2.06. The zero-order valence-corrected chi connectivity index (χ0v) is 12.4. The average Bonchev–Trinajstić information content (AvgIpc) is 2.47. The van der Waals surface area contributed by atoms with Crippen LogP contribution in [0.5, 0.6) is 5.75 Å². The Morgan fingerprint density at radius 3 is 2.75 bits per heavy atom. The average molecular weight is 275 g/mol. The summed E-state index contributed by atoms with van der Waals surface area (Å²) in [5.41, 5.74) is 1.13. The van der Waals surface area contributed by atoms with Gasteiger partial charge in [-0.25, -0.2) is 0 Å². The first kappa shape index (κ1) is 14.6. The molecule has 0 bridgehead atoms. The number of anilines is 1. The smallest absolute Gasteiger partial charge is 0.230 e. The normalized spacial score (nSPS) is 18.6. The quantitative estimate of drug-likeness (QED) is 0.843. The Hall–Kier alpha value is -1.84. The number of hydrogen-bond acceptors (Lipinski definition) is 3. The molecule has 1 amide bonds. The van der Waals surface area contributed by atoms with E-state index in [2.05, 4.69) is 5.32 Å². The second kappa shape index (κ2) is 5.27. The van der Waals surface area contributed by atoms with Gasteiger partial charge in [0.25, 0.3) is 0 Å². The van der Waals surface area contributed by atoms with Crippen molar-refractivity contribution in [3.05, 3.63) is 23.8 Å². The van der Waals surface area contributed by atoms with Gasteiger partial charge in [0.15, 0.2) is 5.78 Å². The molecule has 1 aliphatic heterocycles. The van der Waals surface area contributed by atoms with Gasteiger partial charge in [0, 0.05) is 12.0 Å². The first-order valence-electron chi connectivity index (χ1n) is 6.87. The van der Waals surface area contributed by atoms with E-state index in [-0.39, 0.29) is 23.0 Å². The van der Waals surface area contributed by atoms with E-state index >= 15 is 0 Å². The van der Waals surface area contributed by atoms with E-state index in [1.807, 2.05) is 27.7 Å². The Balaban J connectivity index is 2.26. The van der Waals surface area contributed by atoms with Gasteiger partial charge in [-0.3, -0.25) is 9.59 Å². The molecule has 20 heavy (non-hydrogen) atoms. The highest BCUT2D eigenvalue weighted by Gasteiger charge is 2.23. The molecule has 1 aromatic rings. The predicted octanol–water partition coefficient (Wildman–Crippen LogP) is 3.27. The van der Waals surface area contributed by atoms with Crippen molar-refractivity contribution in [3.63, 3.8) is 0 Å². The Bertz CT molecular complexity index is 543. The summed E-state index contributed by atoms with van der Waals surface area (Å²) in [4.78, 5) is 24.0. The van der Waals surface area contributed by atoms with Crippen LogP contribution in [0.3, 0.4) is 0 Å². The van der Waals surface area contributed by atoms with Crippen LogP contribution in [0, 0.1) is 11.3 Å². The van der Waals surface area contributed by atoms with Crippen LogP contribution in [0.15, 0.2) is 18.2 Å². The lowest BCUT2D eigenvalue weighted by Crippen LogP contribution is -2.22. The summed E-state index contributed by atoms with van der Waals surface area (Å²) in [5, 5.41) is 2.81. The van der Waals surface area contributed by atoms with Crippen molar-refractivity contribution in [3.8, 4) is 5.75 Å². The maximum Gasteiger partial charge on any atom is 0.230 e. The minimum Gasteiger partial charge on any atom is -0.491 e. The summed E-state index contributed by atoms with van der Waals surface area (Å²) < 4.78 is 5.57. The standard InChI is InChI=1S/C16H21NO3/c1-10-9-20-14-6-5-11(7-12(14)17-15(10)19)13(18)8-16(2,3)4/h5-7,10H,8-9H2,1-4H3,(H,17,19). The number of nitrogens with one attached hydrogen (secondary N) is 1. The van der Waals surface area contributed by atoms with Crippen LogP contribution >= 0.6 is 0 Å². The monoisotopic (exact) mass is 275 g/mol. The number of hydrogen-bond donors (Lipinski definition) is 1. The molecule has 1 atom stereocenters. The predicted molar refractivity (Wildman–Crippen MR) is 78.1 cm³/mol. The second-order valence-electron chi connectivity index (χ2n) is 6.57. The number of benzene rings is 1. The van der Waals surface area contributed by atoms with E-state index in [9.17, 15) is 9.59 Å². The molecule has 1 aliphatic rings. The van der Waals surface area contributed by atoms with Crippen LogP contribution < -0.4 is 10.1 Å². The van der Waals surface area contributed by atoms with Gasteiger partial charge in [0.1, 0.15) is 5.75 Å². The van der Waals surface area contributed by atoms with Crippen LogP contribution in [0.25, 0.3) is 0 Å². The first-order chi connectivity index (χ1) is 9.26. The molecule has 0 spiro atoms. The number of carbonyl (C=O) groups is 2. The SMILES string of the molecule is CC1COc2ccc(C(=O)CC(C)(C)C)cc2NC1=O. The van der Waals surface area contributed by atoms with E-state index in [1.54, 1.807) is 18.2 Å². The molecule has 0 aliphatic carbocycles. The molecular weight excluding hydrogens is 254 g/mol. The summed E-state index contributed by atoms with van der Waals surface area (Å²) in [6.07, 6.45) is 0.469. The Labute approximate surface area is 119 Å². The van der Waals surface area contributed by atoms with Gasteiger partial charge < -0.3 is 10.1 Å². The molecule has 4 heteroatoms. The molecule has 2 rings (SSSR count). The number of amides is 1. The number of carbonyl (C=O) groups excluding carboxylic acids is 2. The molecule has 4 nitrogen and oxygen atoms in total. The maximum absolute atomic E-state index is 12.2. The van der Waals surface area contributed by atoms with Gasteiger partial charge in [0.2, 0.25) is 5.91 Å². The van der Waals surface area contributed by atoms with E-state index in [4.69, 9.17) is 4.74 Å². The largest absolute Gasteiger partial charge is 0.491 e. The maximum atomic E-state index is 12.2. The lowest BCUT2D eigenvalue weighted by molar-refractivity contribution is -0.119. The summed E-state index contributed by atoms with van der Waals surface area (Å²) in [7, 11) is 0. The van der Waals surface area contributed by atoms with Crippen LogP contribution in [0.4, 0.5) is 5.69 Å². The van der Waals surface area contributed by atoms with Crippen LogP contribution in [0.1, 0.15) is 44.5 Å². The summed E-state index contributed by atoms with van der Waals surface area (Å²) in [5.74, 6) is 0.419. The zero-order valence-electron chi connectivity index (χ0n) is 12.4. The van der Waals surface area contributed by atoms with Gasteiger partial charge >= 0.3 is 0 Å². The van der Waals surface area contributed by atoms with Crippen molar-refractivity contribution < 1.29 is 14.3 Å². The van der Waals surface area contributed by atoms with Gasteiger partial charge in [-0.2, -0.15) is 0 Å². The Kier molecular flexibility index (Phi) is 3.84. The van der Waals surface area contributed by atoms with Gasteiger partial charge in [-0.1, -0.05) is 27.7 Å². The van der Waals surface area contributed by atoms with Crippen LogP contribution in [0.2, 0.25) is 0 Å². The number of Topliss-reactive ketones (excluding diaryl/α,β-unsaturated/α-hetero) is 1. The molecule has 0 fully saturated rings. The minimum absolute atomic E-state index is 0.0574. The van der Waals surface area contributed by atoms with Gasteiger partial charge in [-0.15, -0.1) is 0 Å². The van der Waals surface area contributed by atoms with Gasteiger partial charge in [-0.05, 0) is 23.6 Å². The highest BCUT2D eigenvalue weighted by molar-refractivity contribution is 6.00. The van der Waals surface area contributed by atoms with E-state index in [0.717, 1.165) is 0 Å². The van der Waals surface area contributed by atoms with E-state index in [0.29, 0.717) is 30.0 Å². The molecule has 108 valence electrons. The molecular formula is C16H21NO3. The molecule has 0 aromatic heterocycles. The lowest BCUT2D eigenvalue weighted by Gasteiger charge is -2.17. The van der Waals surface area contributed by atoms with Crippen molar-refractivity contribution in [2.45, 2.75) is 34.1 Å². The van der Waals surface area contributed by atoms with Crippen molar-refractivity contribution in [1.29, 1.82) is 0 Å². The second-order valence-corrected chi connectivity index (χ2v) is 6.57. The molecule has 0 saturated carbocycles. The molecule has 1 heterocycles. The number of rotatable bonds is 2. The lowest BCUT2D eigenvalue weighted by atomic mass is 9.88. The molecule has 1 unspecified atom stereocenters. The zero-order chi connectivity index (χ0) is 14.9. The van der Waals surface area contributed by atoms with E-state index < -0.39 is 0 Å². The Morgan fingerprint density at radius 1 is 1.40 bits per heavy atom. The van der Waals surface area contributed by atoms with Crippen molar-refractivity contribution in [1.82, 2.24) is 0 Å². The summed E-state index contributed by atoms with van der Waals surface area (Å²) >= 11 is 0. The molecule has 1 aromatic carbocycles. The van der Waals surface area contributed by atoms with Crippen molar-refractivity contribution >= 4 is 17.4 Å². The number of ether oxygens (including phenoxy) is 1. The first-order valence-corrected chi connectivity index (χ1v) is 6.87. The molecule has 0 saturated heterocycles. The Morgan fingerprint density at radius 2 is 2.10 bits per heavy atom. The third kappa shape index (κ3) is 3.38. The third-order valence-corrected chi connectivity index (χ3v) is 3.19. The third-order valence-electron chi connectivity index (χ3n) is 3.19. The van der Waals surface area contributed by atoms with Gasteiger partial charge in [0.05, 0.1) is 18.2 Å². The summed E-state index contributed by atoms with van der Waals surface area (Å²) in [6, 6.07) is 5.22. The molecule has 1 N–H and O–H groups in total. The highest BCUT2D eigenvalue weighted by atomic mass is 16.5. The van der Waals surface area contributed by atoms with E-state index in [1.165, 1.54) is 0 Å². The van der Waals surface area contributed by atoms with Crippen LogP contribution in [-0.4, -0.2) is 18.3 Å².